The summed E-state index contributed by atoms with van der Waals surface area (Å²) in [5, 5.41) is 11.9. The summed E-state index contributed by atoms with van der Waals surface area (Å²) in [5.74, 6) is -0.234. The molecule has 0 spiro atoms. The molecule has 1 N–H and O–H groups in total. The van der Waals surface area contributed by atoms with Gasteiger partial charge in [0.25, 0.3) is 0 Å². The van der Waals surface area contributed by atoms with Crippen LogP contribution < -0.4 is 0 Å². The fourth-order valence-corrected chi connectivity index (χ4v) is 3.10. The van der Waals surface area contributed by atoms with Gasteiger partial charge >= 0.3 is 0 Å². The molecular formula is C17H16Cl3NO. The molecule has 116 valence electrons. The quantitative estimate of drug-likeness (QED) is 0.750. The Kier molecular flexibility index (Phi) is 6.27. The van der Waals surface area contributed by atoms with Gasteiger partial charge in [0.05, 0.1) is 6.10 Å². The highest BCUT2D eigenvalue weighted by Gasteiger charge is 2.25. The van der Waals surface area contributed by atoms with Crippen LogP contribution >= 0.6 is 34.8 Å². The van der Waals surface area contributed by atoms with Crippen LogP contribution in [0.1, 0.15) is 35.3 Å². The van der Waals surface area contributed by atoms with Gasteiger partial charge in [0.2, 0.25) is 0 Å². The third kappa shape index (κ3) is 4.02. The Balaban J connectivity index is 2.43. The lowest BCUT2D eigenvalue weighted by Gasteiger charge is -2.24. The molecule has 0 saturated heterocycles. The Bertz CT molecular complexity index is 673. The van der Waals surface area contributed by atoms with Crippen molar-refractivity contribution in [2.45, 2.75) is 25.4 Å². The van der Waals surface area contributed by atoms with E-state index in [2.05, 4.69) is 4.98 Å². The molecule has 2 unspecified atom stereocenters. The van der Waals surface area contributed by atoms with Gasteiger partial charge in [0.1, 0.15) is 0 Å². The summed E-state index contributed by atoms with van der Waals surface area (Å²) < 4.78 is 0. The molecule has 2 rings (SSSR count). The van der Waals surface area contributed by atoms with Crippen LogP contribution in [0.3, 0.4) is 0 Å². The number of aliphatic hydroxyl groups is 1. The van der Waals surface area contributed by atoms with E-state index in [1.807, 2.05) is 25.1 Å². The van der Waals surface area contributed by atoms with E-state index in [0.717, 1.165) is 16.8 Å². The minimum Gasteiger partial charge on any atom is -0.388 e. The zero-order valence-corrected chi connectivity index (χ0v) is 14.3. The van der Waals surface area contributed by atoms with Crippen LogP contribution in [0.4, 0.5) is 0 Å². The molecule has 2 nitrogen and oxygen atoms in total. The lowest BCUT2D eigenvalue weighted by molar-refractivity contribution is 0.144. The Hall–Kier alpha value is -1.06. The van der Waals surface area contributed by atoms with E-state index in [0.29, 0.717) is 16.5 Å². The minimum absolute atomic E-state index is 0.234. The van der Waals surface area contributed by atoms with Crippen LogP contribution in [0.15, 0.2) is 48.1 Å². The lowest BCUT2D eigenvalue weighted by atomic mass is 9.86. The molecule has 1 aromatic heterocycles. The number of allylic oxidation sites excluding steroid dienone is 1. The van der Waals surface area contributed by atoms with E-state index in [1.54, 1.807) is 24.4 Å². The summed E-state index contributed by atoms with van der Waals surface area (Å²) in [7, 11) is 0. The SMILES string of the molecule is Cc1ncccc1C(O)C(CC=CCl)c1ccc(Cl)cc1Cl. The van der Waals surface area contributed by atoms with Gasteiger partial charge in [-0.05, 0) is 37.1 Å². The minimum atomic E-state index is -0.736. The van der Waals surface area contributed by atoms with Crippen molar-refractivity contribution in [3.63, 3.8) is 0 Å². The summed E-state index contributed by atoms with van der Waals surface area (Å²) >= 11 is 17.9. The smallest absolute Gasteiger partial charge is 0.0879 e. The van der Waals surface area contributed by atoms with Gasteiger partial charge < -0.3 is 5.11 Å². The molecule has 0 bridgehead atoms. The summed E-state index contributed by atoms with van der Waals surface area (Å²) in [4.78, 5) is 4.23. The van der Waals surface area contributed by atoms with E-state index in [-0.39, 0.29) is 5.92 Å². The summed E-state index contributed by atoms with van der Waals surface area (Å²) in [5.41, 5.74) is 3.85. The molecule has 0 aliphatic carbocycles. The van der Waals surface area contributed by atoms with E-state index in [1.165, 1.54) is 5.54 Å². The van der Waals surface area contributed by atoms with Gasteiger partial charge in [-0.1, -0.05) is 53.0 Å². The lowest BCUT2D eigenvalue weighted by Crippen LogP contribution is -2.13. The van der Waals surface area contributed by atoms with Crippen LogP contribution in [0, 0.1) is 6.92 Å². The van der Waals surface area contributed by atoms with Crippen molar-refractivity contribution in [1.82, 2.24) is 4.98 Å². The number of aryl methyl sites for hydroxylation is 1. The molecule has 0 radical (unpaired) electrons. The van der Waals surface area contributed by atoms with Gasteiger partial charge in [-0.2, -0.15) is 0 Å². The average molecular weight is 357 g/mol. The van der Waals surface area contributed by atoms with Gasteiger partial charge in [0.15, 0.2) is 0 Å². The van der Waals surface area contributed by atoms with Crippen LogP contribution in [0.2, 0.25) is 10.0 Å². The highest BCUT2D eigenvalue weighted by Crippen LogP contribution is 2.39. The van der Waals surface area contributed by atoms with Gasteiger partial charge in [-0.25, -0.2) is 0 Å². The first kappa shape index (κ1) is 17.3. The number of aliphatic hydroxyl groups excluding tert-OH is 1. The second-order valence-corrected chi connectivity index (χ2v) is 6.09. The third-order valence-electron chi connectivity index (χ3n) is 3.59. The molecule has 5 heteroatoms. The van der Waals surface area contributed by atoms with Crippen molar-refractivity contribution in [2.24, 2.45) is 0 Å². The summed E-state index contributed by atoms with van der Waals surface area (Å²) in [6.45, 7) is 1.87. The van der Waals surface area contributed by atoms with Crippen LogP contribution in [0.5, 0.6) is 0 Å². The monoisotopic (exact) mass is 355 g/mol. The Morgan fingerprint density at radius 1 is 1.23 bits per heavy atom. The maximum Gasteiger partial charge on any atom is 0.0879 e. The largest absolute Gasteiger partial charge is 0.388 e. The standard InChI is InChI=1S/C17H16Cl3NO/c1-11-13(5-3-9-21-11)17(22)15(4-2-8-18)14-7-6-12(19)10-16(14)20/h2-3,5-10,15,17,22H,4H2,1H3. The van der Waals surface area contributed by atoms with Crippen LogP contribution in [-0.2, 0) is 0 Å². The Labute approximate surface area is 145 Å². The van der Waals surface area contributed by atoms with Gasteiger partial charge in [0, 0.05) is 39.0 Å². The highest BCUT2D eigenvalue weighted by atomic mass is 35.5. The van der Waals surface area contributed by atoms with Gasteiger partial charge in [-0.15, -0.1) is 0 Å². The van der Waals surface area contributed by atoms with E-state index < -0.39 is 6.10 Å². The molecule has 0 fully saturated rings. The van der Waals surface area contributed by atoms with E-state index >= 15 is 0 Å². The topological polar surface area (TPSA) is 33.1 Å². The summed E-state index contributed by atoms with van der Waals surface area (Å²) in [6, 6.07) is 8.96. The molecule has 1 aromatic carbocycles. The average Bonchev–Trinajstić information content (AvgIpc) is 2.49. The molecular weight excluding hydrogens is 341 g/mol. The van der Waals surface area contributed by atoms with Gasteiger partial charge in [-0.3, -0.25) is 4.98 Å². The Morgan fingerprint density at radius 2 is 2.00 bits per heavy atom. The van der Waals surface area contributed by atoms with E-state index in [4.69, 9.17) is 34.8 Å². The molecule has 0 amide bonds. The van der Waals surface area contributed by atoms with Crippen molar-refractivity contribution in [2.75, 3.05) is 0 Å². The zero-order chi connectivity index (χ0) is 16.1. The van der Waals surface area contributed by atoms with Crippen molar-refractivity contribution < 1.29 is 5.11 Å². The van der Waals surface area contributed by atoms with Crippen molar-refractivity contribution in [3.05, 3.63) is 75.0 Å². The molecule has 0 aliphatic heterocycles. The summed E-state index contributed by atoms with van der Waals surface area (Å²) in [6.07, 6.45) is 3.32. The predicted octanol–water partition coefficient (Wildman–Crippen LogP) is 5.66. The number of hydrogen-bond donors (Lipinski definition) is 1. The molecule has 22 heavy (non-hydrogen) atoms. The second-order valence-electron chi connectivity index (χ2n) is 4.99. The maximum absolute atomic E-state index is 10.8. The molecule has 1 heterocycles. The number of aromatic nitrogens is 1. The first-order valence-corrected chi connectivity index (χ1v) is 8.03. The number of pyridine rings is 1. The second kappa shape index (κ2) is 7.98. The molecule has 0 saturated carbocycles. The fraction of sp³-hybridized carbons (Fsp3) is 0.235. The van der Waals surface area contributed by atoms with Crippen molar-refractivity contribution in [1.29, 1.82) is 0 Å². The number of hydrogen-bond acceptors (Lipinski definition) is 2. The molecule has 0 aliphatic rings. The van der Waals surface area contributed by atoms with Crippen molar-refractivity contribution >= 4 is 34.8 Å². The zero-order valence-electron chi connectivity index (χ0n) is 12.0. The highest BCUT2D eigenvalue weighted by molar-refractivity contribution is 6.35. The predicted molar refractivity (Wildman–Crippen MR) is 92.7 cm³/mol. The fourth-order valence-electron chi connectivity index (χ4n) is 2.45. The number of nitrogens with zero attached hydrogens (tertiary/aromatic N) is 1. The number of halogens is 3. The van der Waals surface area contributed by atoms with Crippen LogP contribution in [-0.4, -0.2) is 10.1 Å². The number of benzene rings is 1. The maximum atomic E-state index is 10.8. The van der Waals surface area contributed by atoms with Crippen molar-refractivity contribution in [3.8, 4) is 0 Å². The molecule has 2 atom stereocenters. The first-order valence-electron chi connectivity index (χ1n) is 6.84. The number of rotatable bonds is 5. The third-order valence-corrected chi connectivity index (χ3v) is 4.33. The normalized spacial score (nSPS) is 14.2. The van der Waals surface area contributed by atoms with Crippen LogP contribution in [0.25, 0.3) is 0 Å². The first-order chi connectivity index (χ1) is 10.5. The van der Waals surface area contributed by atoms with E-state index in [9.17, 15) is 5.11 Å². The molecule has 2 aromatic rings. The Morgan fingerprint density at radius 3 is 2.64 bits per heavy atom.